The summed E-state index contributed by atoms with van der Waals surface area (Å²) in [5.74, 6) is 1.05. The first-order valence-corrected chi connectivity index (χ1v) is 5.63. The zero-order chi connectivity index (χ0) is 11.0. The minimum atomic E-state index is 0.347. The van der Waals surface area contributed by atoms with Gasteiger partial charge in [0.1, 0.15) is 5.76 Å². The van der Waals surface area contributed by atoms with E-state index in [1.54, 1.807) is 23.5 Å². The lowest BCUT2D eigenvalue weighted by molar-refractivity contribution is 0.110. The molecule has 2 aromatic heterocycles. The summed E-state index contributed by atoms with van der Waals surface area (Å²) in [5.41, 5.74) is 3.76. The number of aromatic nitrogens is 1. The molecule has 0 unspecified atom stereocenters. The lowest BCUT2D eigenvalue weighted by atomic mass is 10.2. The van der Waals surface area contributed by atoms with E-state index in [4.69, 9.17) is 4.42 Å². The number of benzene rings is 1. The van der Waals surface area contributed by atoms with E-state index >= 15 is 0 Å². The minimum Gasteiger partial charge on any atom is -0.453 e. The van der Waals surface area contributed by atoms with Crippen LogP contribution in [0.1, 0.15) is 10.6 Å². The molecule has 0 bridgehead atoms. The molecule has 0 aliphatic rings. The van der Waals surface area contributed by atoms with Crippen LogP contribution in [0.5, 0.6) is 0 Å². The van der Waals surface area contributed by atoms with Gasteiger partial charge in [0, 0.05) is 5.56 Å². The van der Waals surface area contributed by atoms with Crippen LogP contribution in [0.4, 0.5) is 0 Å². The maximum atomic E-state index is 10.5. The van der Waals surface area contributed by atoms with Crippen LogP contribution in [0.25, 0.3) is 21.5 Å². The van der Waals surface area contributed by atoms with Crippen molar-refractivity contribution in [2.24, 2.45) is 0 Å². The van der Waals surface area contributed by atoms with Crippen LogP contribution in [-0.2, 0) is 0 Å². The van der Waals surface area contributed by atoms with Crippen molar-refractivity contribution in [2.45, 2.75) is 0 Å². The number of fused-ring (bicyclic) bond motifs is 1. The van der Waals surface area contributed by atoms with Gasteiger partial charge in [-0.3, -0.25) is 4.79 Å². The van der Waals surface area contributed by atoms with Crippen molar-refractivity contribution >= 4 is 27.8 Å². The second kappa shape index (κ2) is 3.57. The Balaban J connectivity index is 2.13. The molecule has 2 heterocycles. The van der Waals surface area contributed by atoms with E-state index in [0.29, 0.717) is 17.8 Å². The highest BCUT2D eigenvalue weighted by Crippen LogP contribution is 2.27. The summed E-state index contributed by atoms with van der Waals surface area (Å²) >= 11 is 1.59. The van der Waals surface area contributed by atoms with Crippen LogP contribution in [0.15, 0.2) is 40.3 Å². The number of carbonyl (C=O) groups is 1. The first kappa shape index (κ1) is 9.30. The van der Waals surface area contributed by atoms with E-state index in [0.717, 1.165) is 15.8 Å². The molecule has 0 saturated carbocycles. The molecule has 0 atom stereocenters. The van der Waals surface area contributed by atoms with Crippen molar-refractivity contribution in [1.82, 2.24) is 4.98 Å². The fourth-order valence-corrected chi connectivity index (χ4v) is 2.30. The number of aldehydes is 1. The predicted molar refractivity (Wildman–Crippen MR) is 62.7 cm³/mol. The van der Waals surface area contributed by atoms with Gasteiger partial charge in [-0.25, -0.2) is 4.98 Å². The second-order valence-corrected chi connectivity index (χ2v) is 4.24. The van der Waals surface area contributed by atoms with Crippen molar-refractivity contribution < 1.29 is 9.21 Å². The maximum Gasteiger partial charge on any atom is 0.185 e. The van der Waals surface area contributed by atoms with Crippen molar-refractivity contribution in [3.05, 3.63) is 41.6 Å². The highest BCUT2D eigenvalue weighted by Gasteiger charge is 2.05. The molecule has 0 N–H and O–H groups in total. The molecule has 1 aromatic carbocycles. The van der Waals surface area contributed by atoms with Gasteiger partial charge in [-0.05, 0) is 30.3 Å². The second-order valence-electron chi connectivity index (χ2n) is 3.35. The molecule has 0 saturated heterocycles. The zero-order valence-electron chi connectivity index (χ0n) is 8.21. The third-order valence-corrected chi connectivity index (χ3v) is 3.15. The smallest absolute Gasteiger partial charge is 0.185 e. The van der Waals surface area contributed by atoms with Crippen molar-refractivity contribution in [3.63, 3.8) is 0 Å². The molecule has 0 spiro atoms. The molecule has 3 aromatic rings. The summed E-state index contributed by atoms with van der Waals surface area (Å²) in [6.45, 7) is 0. The summed E-state index contributed by atoms with van der Waals surface area (Å²) in [5, 5.41) is 0. The first-order valence-electron chi connectivity index (χ1n) is 4.75. The summed E-state index contributed by atoms with van der Waals surface area (Å²) in [6, 6.07) is 9.37. The van der Waals surface area contributed by atoms with E-state index in [1.165, 1.54) is 0 Å². The Morgan fingerprint density at radius 3 is 3.00 bits per heavy atom. The van der Waals surface area contributed by atoms with Crippen LogP contribution in [0.3, 0.4) is 0 Å². The highest BCUT2D eigenvalue weighted by atomic mass is 32.1. The standard InChI is InChI=1S/C12H7NO2S/c14-6-9-2-4-11(15-9)8-1-3-10-12(5-8)16-7-13-10/h1-7H. The predicted octanol–water partition coefficient (Wildman–Crippen LogP) is 3.37. The normalized spacial score (nSPS) is 10.8. The highest BCUT2D eigenvalue weighted by molar-refractivity contribution is 7.16. The number of hydrogen-bond acceptors (Lipinski definition) is 4. The van der Waals surface area contributed by atoms with Gasteiger partial charge in [0.25, 0.3) is 0 Å². The summed E-state index contributed by atoms with van der Waals surface area (Å²) in [7, 11) is 0. The van der Waals surface area contributed by atoms with E-state index in [9.17, 15) is 4.79 Å². The number of thiazole rings is 1. The summed E-state index contributed by atoms with van der Waals surface area (Å²) in [6.07, 6.45) is 0.703. The van der Waals surface area contributed by atoms with Gasteiger partial charge >= 0.3 is 0 Å². The lowest BCUT2D eigenvalue weighted by Gasteiger charge is -1.95. The Morgan fingerprint density at radius 2 is 2.19 bits per heavy atom. The molecule has 0 aliphatic heterocycles. The SMILES string of the molecule is O=Cc1ccc(-c2ccc3ncsc3c2)o1. The maximum absolute atomic E-state index is 10.5. The third kappa shape index (κ3) is 1.44. The Kier molecular flexibility index (Phi) is 2.08. The third-order valence-electron chi connectivity index (χ3n) is 2.36. The van der Waals surface area contributed by atoms with Crippen LogP contribution >= 0.6 is 11.3 Å². The van der Waals surface area contributed by atoms with Crippen LogP contribution in [-0.4, -0.2) is 11.3 Å². The van der Waals surface area contributed by atoms with Gasteiger partial charge in [-0.15, -0.1) is 11.3 Å². The molecule has 3 rings (SSSR count). The van der Waals surface area contributed by atoms with Crippen LogP contribution < -0.4 is 0 Å². The van der Waals surface area contributed by atoms with E-state index in [-0.39, 0.29) is 0 Å². The Hall–Kier alpha value is -1.94. The number of nitrogens with zero attached hydrogens (tertiary/aromatic N) is 1. The van der Waals surface area contributed by atoms with Crippen molar-refractivity contribution in [3.8, 4) is 11.3 Å². The van der Waals surface area contributed by atoms with Gasteiger partial charge in [-0.1, -0.05) is 0 Å². The minimum absolute atomic E-state index is 0.347. The van der Waals surface area contributed by atoms with Crippen LogP contribution in [0, 0.1) is 0 Å². The van der Waals surface area contributed by atoms with E-state index in [2.05, 4.69) is 4.98 Å². The molecule has 3 nitrogen and oxygen atoms in total. The largest absolute Gasteiger partial charge is 0.453 e. The topological polar surface area (TPSA) is 43.1 Å². The van der Waals surface area contributed by atoms with Gasteiger partial charge in [-0.2, -0.15) is 0 Å². The molecule has 0 aliphatic carbocycles. The molecule has 0 amide bonds. The molecular weight excluding hydrogens is 222 g/mol. The molecule has 0 radical (unpaired) electrons. The Labute approximate surface area is 95.4 Å². The molecule has 0 fully saturated rings. The van der Waals surface area contributed by atoms with Gasteiger partial charge < -0.3 is 4.42 Å². The van der Waals surface area contributed by atoms with E-state index < -0.39 is 0 Å². The average Bonchev–Trinajstić information content (AvgIpc) is 2.96. The number of hydrogen-bond donors (Lipinski definition) is 0. The quantitative estimate of drug-likeness (QED) is 0.633. The van der Waals surface area contributed by atoms with E-state index in [1.807, 2.05) is 23.7 Å². The zero-order valence-corrected chi connectivity index (χ0v) is 9.03. The molecule has 4 heteroatoms. The fraction of sp³-hybridized carbons (Fsp3) is 0. The van der Waals surface area contributed by atoms with Crippen molar-refractivity contribution in [2.75, 3.05) is 0 Å². The Bertz CT molecular complexity index is 654. The lowest BCUT2D eigenvalue weighted by Crippen LogP contribution is -1.74. The first-order chi connectivity index (χ1) is 7.86. The monoisotopic (exact) mass is 229 g/mol. The number of rotatable bonds is 2. The van der Waals surface area contributed by atoms with Crippen molar-refractivity contribution in [1.29, 1.82) is 0 Å². The molecule has 78 valence electrons. The average molecular weight is 229 g/mol. The number of carbonyl (C=O) groups excluding carboxylic acids is 1. The van der Waals surface area contributed by atoms with Gasteiger partial charge in [0.2, 0.25) is 0 Å². The van der Waals surface area contributed by atoms with Gasteiger partial charge in [0.15, 0.2) is 12.0 Å². The van der Waals surface area contributed by atoms with Crippen LogP contribution in [0.2, 0.25) is 0 Å². The summed E-state index contributed by atoms with van der Waals surface area (Å²) < 4.78 is 6.47. The Morgan fingerprint density at radius 1 is 1.25 bits per heavy atom. The molecule has 16 heavy (non-hydrogen) atoms. The number of furan rings is 1. The summed E-state index contributed by atoms with van der Waals surface area (Å²) in [4.78, 5) is 14.7. The fourth-order valence-electron chi connectivity index (χ4n) is 1.58. The van der Waals surface area contributed by atoms with Gasteiger partial charge in [0.05, 0.1) is 15.7 Å². The molecular formula is C12H7NO2S.